The predicted octanol–water partition coefficient (Wildman–Crippen LogP) is 4.23. The fourth-order valence-electron chi connectivity index (χ4n) is 3.06. The van der Waals surface area contributed by atoms with Gasteiger partial charge in [0.2, 0.25) is 5.95 Å². The van der Waals surface area contributed by atoms with Gasteiger partial charge in [0.05, 0.1) is 0 Å². The maximum Gasteiger partial charge on any atom is 0.207 e. The molecule has 3 rings (SSSR count). The molecular formula is C16H21N3. The van der Waals surface area contributed by atoms with E-state index in [2.05, 4.69) is 47.0 Å². The molecule has 0 amide bonds. The van der Waals surface area contributed by atoms with E-state index in [1.165, 1.54) is 12.8 Å². The van der Waals surface area contributed by atoms with Gasteiger partial charge in [-0.3, -0.25) is 0 Å². The molecule has 0 radical (unpaired) electrons. The first-order chi connectivity index (χ1) is 9.25. The predicted molar refractivity (Wildman–Crippen MR) is 78.6 cm³/mol. The molecule has 3 atom stereocenters. The van der Waals surface area contributed by atoms with Crippen molar-refractivity contribution in [3.05, 3.63) is 42.7 Å². The average molecular weight is 255 g/mol. The van der Waals surface area contributed by atoms with Crippen molar-refractivity contribution in [3.63, 3.8) is 0 Å². The fourth-order valence-corrected chi connectivity index (χ4v) is 3.06. The zero-order chi connectivity index (χ0) is 13.2. The van der Waals surface area contributed by atoms with Crippen LogP contribution in [-0.4, -0.2) is 9.55 Å². The number of rotatable bonds is 3. The number of benzene rings is 1. The van der Waals surface area contributed by atoms with Gasteiger partial charge < -0.3 is 9.88 Å². The molecule has 1 aliphatic carbocycles. The molecule has 1 heterocycles. The number of nitrogens with one attached hydrogen (secondary N) is 1. The van der Waals surface area contributed by atoms with Crippen molar-refractivity contribution in [2.24, 2.45) is 11.8 Å². The van der Waals surface area contributed by atoms with Crippen LogP contribution >= 0.6 is 0 Å². The summed E-state index contributed by atoms with van der Waals surface area (Å²) in [6.07, 6.45) is 6.56. The minimum atomic E-state index is 0.573. The molecule has 1 N–H and O–H groups in total. The SMILES string of the molecule is CC1CCC(n2ccnc2Nc2ccccc2)C1C. The van der Waals surface area contributed by atoms with E-state index in [1.54, 1.807) is 0 Å². The zero-order valence-electron chi connectivity index (χ0n) is 11.6. The normalized spacial score (nSPS) is 26.5. The minimum absolute atomic E-state index is 0.573. The molecule has 1 saturated carbocycles. The molecule has 1 aromatic heterocycles. The summed E-state index contributed by atoms with van der Waals surface area (Å²) >= 11 is 0. The molecule has 3 heteroatoms. The third-order valence-electron chi connectivity index (χ3n) is 4.48. The molecule has 0 bridgehead atoms. The van der Waals surface area contributed by atoms with Crippen LogP contribution in [0.5, 0.6) is 0 Å². The number of imidazole rings is 1. The number of nitrogens with zero attached hydrogens (tertiary/aromatic N) is 2. The Balaban J connectivity index is 1.83. The Morgan fingerprint density at radius 2 is 1.95 bits per heavy atom. The molecule has 1 aliphatic rings. The van der Waals surface area contributed by atoms with Crippen LogP contribution in [0.25, 0.3) is 0 Å². The van der Waals surface area contributed by atoms with Crippen molar-refractivity contribution in [1.82, 2.24) is 9.55 Å². The molecule has 0 spiro atoms. The molecule has 1 aromatic carbocycles. The van der Waals surface area contributed by atoms with Crippen LogP contribution in [0.1, 0.15) is 32.7 Å². The summed E-state index contributed by atoms with van der Waals surface area (Å²) < 4.78 is 2.31. The second kappa shape index (κ2) is 5.08. The Bertz CT molecular complexity index is 532. The first-order valence-corrected chi connectivity index (χ1v) is 7.10. The summed E-state index contributed by atoms with van der Waals surface area (Å²) in [7, 11) is 0. The Labute approximate surface area is 114 Å². The van der Waals surface area contributed by atoms with E-state index in [9.17, 15) is 0 Å². The minimum Gasteiger partial charge on any atom is -0.326 e. The zero-order valence-corrected chi connectivity index (χ0v) is 11.6. The molecule has 100 valence electrons. The first kappa shape index (κ1) is 12.3. The van der Waals surface area contributed by atoms with Crippen molar-refractivity contribution in [2.75, 3.05) is 5.32 Å². The number of hydrogen-bond acceptors (Lipinski definition) is 2. The van der Waals surface area contributed by atoms with Crippen molar-refractivity contribution in [3.8, 4) is 0 Å². The van der Waals surface area contributed by atoms with Gasteiger partial charge in [0, 0.05) is 24.1 Å². The van der Waals surface area contributed by atoms with E-state index in [1.807, 2.05) is 24.4 Å². The number of hydrogen-bond donors (Lipinski definition) is 1. The highest BCUT2D eigenvalue weighted by atomic mass is 15.2. The highest BCUT2D eigenvalue weighted by Gasteiger charge is 2.31. The Morgan fingerprint density at radius 3 is 2.63 bits per heavy atom. The second-order valence-corrected chi connectivity index (χ2v) is 5.63. The summed E-state index contributed by atoms with van der Waals surface area (Å²) in [6, 6.07) is 10.8. The van der Waals surface area contributed by atoms with Crippen molar-refractivity contribution in [1.29, 1.82) is 0 Å². The van der Waals surface area contributed by atoms with Crippen LogP contribution in [0.4, 0.5) is 11.6 Å². The lowest BCUT2D eigenvalue weighted by Gasteiger charge is -2.22. The molecule has 0 aliphatic heterocycles. The van der Waals surface area contributed by atoms with E-state index in [0.29, 0.717) is 12.0 Å². The summed E-state index contributed by atoms with van der Waals surface area (Å²) in [6.45, 7) is 4.71. The number of anilines is 2. The summed E-state index contributed by atoms with van der Waals surface area (Å²) in [5, 5.41) is 3.42. The molecule has 3 nitrogen and oxygen atoms in total. The Kier molecular flexibility index (Phi) is 3.28. The van der Waals surface area contributed by atoms with Crippen LogP contribution in [0.3, 0.4) is 0 Å². The monoisotopic (exact) mass is 255 g/mol. The Hall–Kier alpha value is -1.77. The third-order valence-corrected chi connectivity index (χ3v) is 4.48. The second-order valence-electron chi connectivity index (χ2n) is 5.63. The van der Waals surface area contributed by atoms with Gasteiger partial charge in [0.1, 0.15) is 0 Å². The molecule has 1 fully saturated rings. The average Bonchev–Trinajstić information content (AvgIpc) is 2.99. The summed E-state index contributed by atoms with van der Waals surface area (Å²) in [5.41, 5.74) is 1.09. The first-order valence-electron chi connectivity index (χ1n) is 7.10. The van der Waals surface area contributed by atoms with Crippen LogP contribution in [0.2, 0.25) is 0 Å². The van der Waals surface area contributed by atoms with Gasteiger partial charge in [0.15, 0.2) is 0 Å². The van der Waals surface area contributed by atoms with Crippen molar-refractivity contribution < 1.29 is 0 Å². The highest BCUT2D eigenvalue weighted by molar-refractivity contribution is 5.53. The van der Waals surface area contributed by atoms with E-state index >= 15 is 0 Å². The van der Waals surface area contributed by atoms with E-state index in [4.69, 9.17) is 0 Å². The lowest BCUT2D eigenvalue weighted by molar-refractivity contribution is 0.355. The van der Waals surface area contributed by atoms with Gasteiger partial charge in [-0.25, -0.2) is 4.98 Å². The van der Waals surface area contributed by atoms with Crippen molar-refractivity contribution in [2.45, 2.75) is 32.7 Å². The van der Waals surface area contributed by atoms with E-state index < -0.39 is 0 Å². The summed E-state index contributed by atoms with van der Waals surface area (Å²) in [4.78, 5) is 4.47. The fraction of sp³-hybridized carbons (Fsp3) is 0.438. The maximum atomic E-state index is 4.47. The Morgan fingerprint density at radius 1 is 1.16 bits per heavy atom. The van der Waals surface area contributed by atoms with E-state index in [-0.39, 0.29) is 0 Å². The van der Waals surface area contributed by atoms with Crippen LogP contribution < -0.4 is 5.32 Å². The highest BCUT2D eigenvalue weighted by Crippen LogP contribution is 2.41. The lowest BCUT2D eigenvalue weighted by atomic mass is 9.98. The van der Waals surface area contributed by atoms with Gasteiger partial charge >= 0.3 is 0 Å². The maximum absolute atomic E-state index is 4.47. The van der Waals surface area contributed by atoms with Gasteiger partial charge in [-0.2, -0.15) is 0 Å². The molecule has 3 unspecified atom stereocenters. The standard InChI is InChI=1S/C16H21N3/c1-12-8-9-15(13(12)2)19-11-10-17-16(19)18-14-6-4-3-5-7-14/h3-7,10-13,15H,8-9H2,1-2H3,(H,17,18). The van der Waals surface area contributed by atoms with Gasteiger partial charge in [-0.1, -0.05) is 32.0 Å². The molecule has 0 saturated heterocycles. The molecular weight excluding hydrogens is 234 g/mol. The van der Waals surface area contributed by atoms with Crippen LogP contribution in [0, 0.1) is 11.8 Å². The van der Waals surface area contributed by atoms with Crippen molar-refractivity contribution >= 4 is 11.6 Å². The summed E-state index contributed by atoms with van der Waals surface area (Å²) in [5.74, 6) is 2.47. The molecule has 2 aromatic rings. The third kappa shape index (κ3) is 2.37. The van der Waals surface area contributed by atoms with Gasteiger partial charge in [0.25, 0.3) is 0 Å². The quantitative estimate of drug-likeness (QED) is 0.889. The largest absolute Gasteiger partial charge is 0.326 e. The molecule has 19 heavy (non-hydrogen) atoms. The number of para-hydroxylation sites is 1. The van der Waals surface area contributed by atoms with E-state index in [0.717, 1.165) is 17.6 Å². The van der Waals surface area contributed by atoms with Crippen LogP contribution in [0.15, 0.2) is 42.7 Å². The number of aromatic nitrogens is 2. The van der Waals surface area contributed by atoms with Crippen LogP contribution in [-0.2, 0) is 0 Å². The van der Waals surface area contributed by atoms with Gasteiger partial charge in [-0.15, -0.1) is 0 Å². The smallest absolute Gasteiger partial charge is 0.207 e. The topological polar surface area (TPSA) is 29.9 Å². The lowest BCUT2D eigenvalue weighted by Crippen LogP contribution is -2.15. The van der Waals surface area contributed by atoms with Gasteiger partial charge in [-0.05, 0) is 36.8 Å².